The number of aryl methyl sites for hydroxylation is 1. The number of methoxy groups -OCH3 is 2. The number of carbonyl (C=O) groups is 1. The summed E-state index contributed by atoms with van der Waals surface area (Å²) in [5, 5.41) is 3.38. The number of benzene rings is 2. The SMILES string of the molecule is COc1cc(C(=O)N2CCNCC2c2ccccc2OC)ccc1C.Cl. The van der Waals surface area contributed by atoms with Crippen molar-refractivity contribution < 1.29 is 14.3 Å². The first kappa shape index (κ1) is 20.1. The fraction of sp³-hybridized carbons (Fsp3) is 0.350. The Morgan fingerprint density at radius 2 is 1.85 bits per heavy atom. The van der Waals surface area contributed by atoms with Gasteiger partial charge < -0.3 is 19.7 Å². The highest BCUT2D eigenvalue weighted by atomic mass is 35.5. The Labute approximate surface area is 160 Å². The zero-order valence-corrected chi connectivity index (χ0v) is 16.1. The number of halogens is 1. The van der Waals surface area contributed by atoms with E-state index in [0.29, 0.717) is 18.7 Å². The second-order valence-corrected chi connectivity index (χ2v) is 6.14. The number of nitrogens with one attached hydrogen (secondary N) is 1. The Morgan fingerprint density at radius 1 is 1.12 bits per heavy atom. The molecule has 0 radical (unpaired) electrons. The van der Waals surface area contributed by atoms with Crippen LogP contribution in [0.2, 0.25) is 0 Å². The number of nitrogens with zero attached hydrogens (tertiary/aromatic N) is 1. The molecule has 2 aromatic carbocycles. The lowest BCUT2D eigenvalue weighted by molar-refractivity contribution is 0.0631. The second kappa shape index (κ2) is 8.92. The van der Waals surface area contributed by atoms with Crippen LogP contribution in [0.4, 0.5) is 0 Å². The van der Waals surface area contributed by atoms with E-state index in [4.69, 9.17) is 9.47 Å². The first-order chi connectivity index (χ1) is 12.2. The molecule has 5 nitrogen and oxygen atoms in total. The summed E-state index contributed by atoms with van der Waals surface area (Å²) in [5.41, 5.74) is 2.68. The van der Waals surface area contributed by atoms with Crippen LogP contribution in [0.25, 0.3) is 0 Å². The summed E-state index contributed by atoms with van der Waals surface area (Å²) in [6, 6.07) is 13.4. The third kappa shape index (κ3) is 3.94. The van der Waals surface area contributed by atoms with E-state index in [2.05, 4.69) is 5.32 Å². The number of piperazine rings is 1. The lowest BCUT2D eigenvalue weighted by Gasteiger charge is -2.37. The zero-order valence-electron chi connectivity index (χ0n) is 15.3. The monoisotopic (exact) mass is 376 g/mol. The van der Waals surface area contributed by atoms with Crippen LogP contribution in [-0.2, 0) is 0 Å². The third-order valence-electron chi connectivity index (χ3n) is 4.66. The minimum atomic E-state index is -0.0651. The van der Waals surface area contributed by atoms with Crippen molar-refractivity contribution in [3.63, 3.8) is 0 Å². The summed E-state index contributed by atoms with van der Waals surface area (Å²) in [6.07, 6.45) is 0. The molecule has 1 unspecified atom stereocenters. The van der Waals surface area contributed by atoms with Crippen LogP contribution >= 0.6 is 12.4 Å². The van der Waals surface area contributed by atoms with Crippen LogP contribution in [0.5, 0.6) is 11.5 Å². The quantitative estimate of drug-likeness (QED) is 0.890. The molecule has 3 rings (SSSR count). The largest absolute Gasteiger partial charge is 0.496 e. The molecule has 0 aliphatic carbocycles. The molecule has 0 saturated carbocycles. The van der Waals surface area contributed by atoms with E-state index < -0.39 is 0 Å². The number of para-hydroxylation sites is 1. The van der Waals surface area contributed by atoms with Crippen LogP contribution in [0.15, 0.2) is 42.5 Å². The molecule has 1 saturated heterocycles. The molecule has 0 bridgehead atoms. The highest BCUT2D eigenvalue weighted by Crippen LogP contribution is 2.31. The van der Waals surface area contributed by atoms with Gasteiger partial charge in [0.1, 0.15) is 11.5 Å². The lowest BCUT2D eigenvalue weighted by Crippen LogP contribution is -2.48. The molecule has 2 aromatic rings. The molecular weight excluding hydrogens is 352 g/mol. The van der Waals surface area contributed by atoms with Gasteiger partial charge in [-0.15, -0.1) is 12.4 Å². The van der Waals surface area contributed by atoms with Crippen LogP contribution in [0.1, 0.15) is 27.5 Å². The van der Waals surface area contributed by atoms with Gasteiger partial charge in [0.15, 0.2) is 0 Å². The molecule has 1 amide bonds. The average Bonchev–Trinajstić information content (AvgIpc) is 2.67. The third-order valence-corrected chi connectivity index (χ3v) is 4.66. The van der Waals surface area contributed by atoms with Crippen molar-refractivity contribution in [3.05, 3.63) is 59.2 Å². The number of hydrogen-bond donors (Lipinski definition) is 1. The molecule has 0 spiro atoms. The summed E-state index contributed by atoms with van der Waals surface area (Å²) in [5.74, 6) is 1.54. The van der Waals surface area contributed by atoms with E-state index in [0.717, 1.165) is 29.2 Å². The number of ether oxygens (including phenoxy) is 2. The standard InChI is InChI=1S/C20H24N2O3.ClH/c1-14-8-9-15(12-19(14)25-3)20(23)22-11-10-21-13-17(22)16-6-4-5-7-18(16)24-2;/h4-9,12,17,21H,10-11,13H2,1-3H3;1H. The van der Waals surface area contributed by atoms with Gasteiger partial charge in [0.05, 0.1) is 20.3 Å². The van der Waals surface area contributed by atoms with Crippen LogP contribution in [0.3, 0.4) is 0 Å². The van der Waals surface area contributed by atoms with Crippen molar-refractivity contribution in [2.75, 3.05) is 33.9 Å². The van der Waals surface area contributed by atoms with Gasteiger partial charge in [-0.2, -0.15) is 0 Å². The van der Waals surface area contributed by atoms with Crippen LogP contribution < -0.4 is 14.8 Å². The number of hydrogen-bond acceptors (Lipinski definition) is 4. The van der Waals surface area contributed by atoms with Gasteiger partial charge in [-0.05, 0) is 30.7 Å². The average molecular weight is 377 g/mol. The van der Waals surface area contributed by atoms with Crippen LogP contribution in [-0.4, -0.2) is 44.7 Å². The smallest absolute Gasteiger partial charge is 0.254 e. The molecule has 1 atom stereocenters. The van der Waals surface area contributed by atoms with Gasteiger partial charge in [0.2, 0.25) is 0 Å². The Morgan fingerprint density at radius 3 is 2.58 bits per heavy atom. The minimum Gasteiger partial charge on any atom is -0.496 e. The fourth-order valence-corrected chi connectivity index (χ4v) is 3.29. The van der Waals surface area contributed by atoms with Crippen molar-refractivity contribution in [1.29, 1.82) is 0 Å². The van der Waals surface area contributed by atoms with E-state index in [1.165, 1.54) is 0 Å². The van der Waals surface area contributed by atoms with E-state index >= 15 is 0 Å². The van der Waals surface area contributed by atoms with Crippen molar-refractivity contribution in [2.45, 2.75) is 13.0 Å². The molecule has 1 aliphatic rings. The maximum atomic E-state index is 13.2. The topological polar surface area (TPSA) is 50.8 Å². The molecule has 1 fully saturated rings. The molecule has 1 N–H and O–H groups in total. The predicted molar refractivity (Wildman–Crippen MR) is 105 cm³/mol. The van der Waals surface area contributed by atoms with Gasteiger partial charge in [-0.25, -0.2) is 0 Å². The maximum Gasteiger partial charge on any atom is 0.254 e. The van der Waals surface area contributed by atoms with E-state index in [1.807, 2.05) is 54.3 Å². The van der Waals surface area contributed by atoms with Crippen LogP contribution in [0, 0.1) is 6.92 Å². The summed E-state index contributed by atoms with van der Waals surface area (Å²) >= 11 is 0. The molecule has 1 heterocycles. The predicted octanol–water partition coefficient (Wildman–Crippen LogP) is 3.22. The van der Waals surface area contributed by atoms with Gasteiger partial charge >= 0.3 is 0 Å². The Kier molecular flexibility index (Phi) is 6.89. The minimum absolute atomic E-state index is 0. The highest BCUT2D eigenvalue weighted by molar-refractivity contribution is 5.95. The van der Waals surface area contributed by atoms with Crippen molar-refractivity contribution in [3.8, 4) is 11.5 Å². The first-order valence-corrected chi connectivity index (χ1v) is 8.45. The fourth-order valence-electron chi connectivity index (χ4n) is 3.29. The van der Waals surface area contributed by atoms with Crippen molar-refractivity contribution >= 4 is 18.3 Å². The zero-order chi connectivity index (χ0) is 17.8. The van der Waals surface area contributed by atoms with E-state index in [9.17, 15) is 4.79 Å². The number of amides is 1. The molecule has 6 heteroatoms. The molecule has 1 aliphatic heterocycles. The van der Waals surface area contributed by atoms with Crippen molar-refractivity contribution in [1.82, 2.24) is 10.2 Å². The Bertz CT molecular complexity index is 766. The van der Waals surface area contributed by atoms with E-state index in [1.54, 1.807) is 14.2 Å². The molecule has 0 aromatic heterocycles. The number of carbonyl (C=O) groups excluding carboxylic acids is 1. The lowest BCUT2D eigenvalue weighted by atomic mass is 10.0. The summed E-state index contributed by atoms with van der Waals surface area (Å²) in [6.45, 7) is 4.10. The Hall–Kier alpha value is -2.24. The van der Waals surface area contributed by atoms with Gasteiger partial charge in [-0.3, -0.25) is 4.79 Å². The summed E-state index contributed by atoms with van der Waals surface area (Å²) in [7, 11) is 3.28. The van der Waals surface area contributed by atoms with Gasteiger partial charge in [0.25, 0.3) is 5.91 Å². The number of rotatable bonds is 4. The first-order valence-electron chi connectivity index (χ1n) is 8.45. The summed E-state index contributed by atoms with van der Waals surface area (Å²) in [4.78, 5) is 15.1. The van der Waals surface area contributed by atoms with Gasteiger partial charge in [-0.1, -0.05) is 24.3 Å². The second-order valence-electron chi connectivity index (χ2n) is 6.14. The molecule has 26 heavy (non-hydrogen) atoms. The van der Waals surface area contributed by atoms with Gasteiger partial charge in [0, 0.05) is 30.8 Å². The normalized spacial score (nSPS) is 16.6. The van der Waals surface area contributed by atoms with E-state index in [-0.39, 0.29) is 24.4 Å². The highest BCUT2D eigenvalue weighted by Gasteiger charge is 2.30. The summed E-state index contributed by atoms with van der Waals surface area (Å²) < 4.78 is 10.9. The maximum absolute atomic E-state index is 13.2. The Balaban J connectivity index is 0.00000243. The molecule has 140 valence electrons. The van der Waals surface area contributed by atoms with Crippen molar-refractivity contribution in [2.24, 2.45) is 0 Å². The molecular formula is C20H25ClN2O3.